The van der Waals surface area contributed by atoms with Gasteiger partial charge in [0.05, 0.1) is 18.9 Å². The highest BCUT2D eigenvalue weighted by molar-refractivity contribution is 7.47. The van der Waals surface area contributed by atoms with Gasteiger partial charge in [-0.25, -0.2) is 9.13 Å². The van der Waals surface area contributed by atoms with Crippen molar-refractivity contribution in [2.75, 3.05) is 0 Å². The maximum absolute atomic E-state index is 10.8. The van der Waals surface area contributed by atoms with Gasteiger partial charge in [-0.2, -0.15) is 0 Å². The fourth-order valence-corrected chi connectivity index (χ4v) is 1.48. The van der Waals surface area contributed by atoms with Gasteiger partial charge in [0.2, 0.25) is 0 Å². The van der Waals surface area contributed by atoms with E-state index >= 15 is 0 Å². The molecule has 0 aliphatic carbocycles. The summed E-state index contributed by atoms with van der Waals surface area (Å²) in [5.41, 5.74) is 0. The molecule has 0 saturated heterocycles. The Morgan fingerprint density at radius 1 is 0.889 bits per heavy atom. The van der Waals surface area contributed by atoms with Crippen molar-refractivity contribution in [3.8, 4) is 0 Å². The highest BCUT2D eigenvalue weighted by Gasteiger charge is 2.26. The molecule has 0 amide bonds. The largest absolute Gasteiger partial charge is 0.526 e. The summed E-state index contributed by atoms with van der Waals surface area (Å²) < 4.78 is 27.5. The Morgan fingerprint density at radius 2 is 1.17 bits per heavy atom. The van der Waals surface area contributed by atoms with Gasteiger partial charge >= 0.3 is 27.6 Å². The normalized spacial score (nSPS) is 12.3. The maximum Gasteiger partial charge on any atom is 0.526 e. The molecular weight excluding hydrogens is 298 g/mol. The van der Waals surface area contributed by atoms with Gasteiger partial charge < -0.3 is 14.2 Å². The Labute approximate surface area is 99.8 Å². The Hall–Kier alpha value is -0.800. The molecule has 0 spiro atoms. The van der Waals surface area contributed by atoms with Crippen LogP contribution in [0, 0.1) is 0 Å². The summed E-state index contributed by atoms with van der Waals surface area (Å²) in [4.78, 5) is 54.4. The van der Waals surface area contributed by atoms with Gasteiger partial charge in [0.1, 0.15) is 0 Å². The highest BCUT2D eigenvalue weighted by atomic mass is 31.2. The number of carbonyl (C=O) groups is 2. The third-order valence-corrected chi connectivity index (χ3v) is 2.13. The first-order valence-electron chi connectivity index (χ1n) is 4.13. The van der Waals surface area contributed by atoms with E-state index in [1.807, 2.05) is 0 Å². The Kier molecular flexibility index (Phi) is 6.11. The Balaban J connectivity index is 4.16. The van der Waals surface area contributed by atoms with Crippen LogP contribution in [-0.2, 0) is 27.8 Å². The Morgan fingerprint density at radius 3 is 1.39 bits per heavy atom. The van der Waals surface area contributed by atoms with Gasteiger partial charge in [0.15, 0.2) is 0 Å². The zero-order valence-electron chi connectivity index (χ0n) is 8.57. The van der Waals surface area contributed by atoms with Gasteiger partial charge in [-0.05, 0) is 0 Å². The summed E-state index contributed by atoms with van der Waals surface area (Å²) in [7, 11) is -10.1. The van der Waals surface area contributed by atoms with Crippen LogP contribution in [0.5, 0.6) is 0 Å². The first-order chi connectivity index (χ1) is 7.89. The summed E-state index contributed by atoms with van der Waals surface area (Å²) in [6, 6.07) is 0. The third-order valence-electron chi connectivity index (χ3n) is 1.25. The zero-order chi connectivity index (χ0) is 14.6. The second-order valence-corrected chi connectivity index (χ2v) is 5.30. The van der Waals surface area contributed by atoms with E-state index in [0.717, 1.165) is 0 Å². The minimum absolute atomic E-state index is 0.957. The number of hydrogen-bond donors (Lipinski definition) is 5. The van der Waals surface area contributed by atoms with Crippen molar-refractivity contribution in [1.29, 1.82) is 0 Å². The molecule has 11 nitrogen and oxygen atoms in total. The SMILES string of the molecule is O=C(CC(O)CC(=O)OP(=O)(O)O)OP(=O)(O)O. The molecule has 5 N–H and O–H groups in total. The van der Waals surface area contributed by atoms with E-state index in [-0.39, 0.29) is 0 Å². The molecule has 0 radical (unpaired) electrons. The fraction of sp³-hybridized carbons (Fsp3) is 0.600. The van der Waals surface area contributed by atoms with E-state index in [4.69, 9.17) is 24.7 Å². The molecule has 0 aromatic carbocycles. The second-order valence-electron chi connectivity index (χ2n) is 2.97. The number of phosphoric ester groups is 2. The molecule has 0 saturated carbocycles. The highest BCUT2D eigenvalue weighted by Crippen LogP contribution is 2.37. The van der Waals surface area contributed by atoms with Crippen LogP contribution in [0.3, 0.4) is 0 Å². The molecule has 0 heterocycles. The van der Waals surface area contributed by atoms with Crippen molar-refractivity contribution in [2.45, 2.75) is 18.9 Å². The molecule has 0 aliphatic heterocycles. The lowest BCUT2D eigenvalue weighted by atomic mass is 10.2. The van der Waals surface area contributed by atoms with Crippen LogP contribution < -0.4 is 0 Å². The zero-order valence-corrected chi connectivity index (χ0v) is 10.4. The fourth-order valence-electron chi connectivity index (χ4n) is 0.797. The minimum atomic E-state index is -5.05. The maximum atomic E-state index is 10.8. The monoisotopic (exact) mass is 308 g/mol. The first-order valence-corrected chi connectivity index (χ1v) is 7.19. The smallest absolute Gasteiger partial charge is 0.392 e. The average molecular weight is 308 g/mol. The van der Waals surface area contributed by atoms with Crippen molar-refractivity contribution in [3.63, 3.8) is 0 Å². The van der Waals surface area contributed by atoms with E-state index in [2.05, 4.69) is 9.05 Å². The van der Waals surface area contributed by atoms with E-state index < -0.39 is 46.5 Å². The van der Waals surface area contributed by atoms with E-state index in [9.17, 15) is 18.7 Å². The number of carbonyl (C=O) groups excluding carboxylic acids is 2. The summed E-state index contributed by atoms with van der Waals surface area (Å²) in [6.45, 7) is 0. The summed E-state index contributed by atoms with van der Waals surface area (Å²) in [6.07, 6.45) is -3.67. The average Bonchev–Trinajstić information content (AvgIpc) is 1.92. The van der Waals surface area contributed by atoms with Crippen molar-refractivity contribution in [2.24, 2.45) is 0 Å². The van der Waals surface area contributed by atoms with Crippen LogP contribution in [0.15, 0.2) is 0 Å². The van der Waals surface area contributed by atoms with Crippen LogP contribution in [0.2, 0.25) is 0 Å². The van der Waals surface area contributed by atoms with Crippen LogP contribution >= 0.6 is 15.6 Å². The van der Waals surface area contributed by atoms with Gasteiger partial charge in [-0.15, -0.1) is 0 Å². The van der Waals surface area contributed by atoms with Crippen LogP contribution in [0.1, 0.15) is 12.8 Å². The predicted octanol–water partition coefficient (Wildman–Crippen LogP) is -1.60. The summed E-state index contributed by atoms with van der Waals surface area (Å²) in [5, 5.41) is 9.08. The molecule has 13 heteroatoms. The lowest BCUT2D eigenvalue weighted by Crippen LogP contribution is -2.19. The lowest BCUT2D eigenvalue weighted by molar-refractivity contribution is -0.140. The molecule has 18 heavy (non-hydrogen) atoms. The number of hydrogen-bond acceptors (Lipinski definition) is 7. The van der Waals surface area contributed by atoms with E-state index in [1.165, 1.54) is 0 Å². The molecule has 0 rings (SSSR count). The molecule has 0 bridgehead atoms. The topological polar surface area (TPSA) is 188 Å². The molecule has 0 aromatic heterocycles. The minimum Gasteiger partial charge on any atom is -0.392 e. The number of aliphatic hydroxyl groups excluding tert-OH is 1. The van der Waals surface area contributed by atoms with Gasteiger partial charge in [-0.1, -0.05) is 0 Å². The number of rotatable bonds is 6. The molecule has 106 valence electrons. The summed E-state index contributed by atoms with van der Waals surface area (Å²) >= 11 is 0. The van der Waals surface area contributed by atoms with E-state index in [0.29, 0.717) is 0 Å². The van der Waals surface area contributed by atoms with Gasteiger partial charge in [0.25, 0.3) is 0 Å². The number of phosphoric acid groups is 2. The molecule has 0 unspecified atom stereocenters. The predicted molar refractivity (Wildman–Crippen MR) is 51.5 cm³/mol. The molecule has 0 fully saturated rings. The van der Waals surface area contributed by atoms with Crippen LogP contribution in [-0.4, -0.2) is 42.7 Å². The van der Waals surface area contributed by atoms with E-state index in [1.54, 1.807) is 0 Å². The van der Waals surface area contributed by atoms with Gasteiger partial charge in [-0.3, -0.25) is 29.2 Å². The Bertz CT molecular complexity index is 366. The number of aliphatic hydroxyl groups is 1. The quantitative estimate of drug-likeness (QED) is 0.355. The standard InChI is InChI=1S/C5H10O11P2/c6-3(1-4(7)15-17(9,10)11)2-5(8)16-18(12,13)14/h3,6H,1-2H2,(H2,9,10,11)(H2,12,13,14). The van der Waals surface area contributed by atoms with Crippen molar-refractivity contribution < 1.29 is 52.4 Å². The van der Waals surface area contributed by atoms with Crippen molar-refractivity contribution >= 4 is 27.6 Å². The summed E-state index contributed by atoms with van der Waals surface area (Å²) in [5.74, 6) is -2.97. The third kappa shape index (κ3) is 10.4. The van der Waals surface area contributed by atoms with Gasteiger partial charge in [0, 0.05) is 0 Å². The molecule has 0 atom stereocenters. The molecule has 0 aromatic rings. The molecular formula is C5H10O11P2. The van der Waals surface area contributed by atoms with Crippen molar-refractivity contribution in [1.82, 2.24) is 0 Å². The first kappa shape index (κ1) is 17.2. The van der Waals surface area contributed by atoms with Crippen LogP contribution in [0.25, 0.3) is 0 Å². The lowest BCUT2D eigenvalue weighted by Gasteiger charge is -2.10. The molecule has 0 aliphatic rings. The van der Waals surface area contributed by atoms with Crippen LogP contribution in [0.4, 0.5) is 0 Å². The van der Waals surface area contributed by atoms with Crippen molar-refractivity contribution in [3.05, 3.63) is 0 Å². The second kappa shape index (κ2) is 6.39.